The van der Waals surface area contributed by atoms with Crippen molar-refractivity contribution in [3.05, 3.63) is 58.8 Å². The predicted molar refractivity (Wildman–Crippen MR) is 149 cm³/mol. The fourth-order valence-electron chi connectivity index (χ4n) is 5.60. The molecular weight excluding hydrogens is 476 g/mol. The van der Waals surface area contributed by atoms with Gasteiger partial charge in [-0.2, -0.15) is 15.2 Å². The Hall–Kier alpha value is -3.25. The van der Waals surface area contributed by atoms with Crippen LogP contribution >= 0.6 is 0 Å². The second kappa shape index (κ2) is 11.6. The van der Waals surface area contributed by atoms with E-state index >= 15 is 0 Å². The fourth-order valence-corrected chi connectivity index (χ4v) is 5.60. The van der Waals surface area contributed by atoms with Crippen LogP contribution in [0.5, 0.6) is 6.01 Å². The maximum Gasteiger partial charge on any atom is 0.318 e. The lowest BCUT2D eigenvalue weighted by atomic mass is 9.92. The Morgan fingerprint density at radius 2 is 1.97 bits per heavy atom. The Morgan fingerprint density at radius 3 is 2.76 bits per heavy atom. The van der Waals surface area contributed by atoms with E-state index in [4.69, 9.17) is 19.4 Å². The monoisotopic (exact) mass is 514 g/mol. The number of likely N-dealkylation sites (N-methyl/N-ethyl adjacent to an activating group) is 1. The van der Waals surface area contributed by atoms with E-state index in [0.29, 0.717) is 32.1 Å². The molecule has 8 nitrogen and oxygen atoms in total. The van der Waals surface area contributed by atoms with Gasteiger partial charge in [-0.1, -0.05) is 36.4 Å². The van der Waals surface area contributed by atoms with Gasteiger partial charge in [0.25, 0.3) is 0 Å². The maximum atomic E-state index is 9.36. The van der Waals surface area contributed by atoms with E-state index in [2.05, 4.69) is 85.2 Å². The largest absolute Gasteiger partial charge is 0.463 e. The number of anilines is 1. The van der Waals surface area contributed by atoms with Crippen molar-refractivity contribution in [2.45, 2.75) is 44.9 Å². The minimum Gasteiger partial charge on any atom is -0.463 e. The van der Waals surface area contributed by atoms with Crippen molar-refractivity contribution < 1.29 is 9.47 Å². The van der Waals surface area contributed by atoms with E-state index in [0.717, 1.165) is 49.7 Å². The van der Waals surface area contributed by atoms with Crippen LogP contribution in [0.2, 0.25) is 0 Å². The van der Waals surface area contributed by atoms with Crippen LogP contribution < -0.4 is 9.64 Å². The van der Waals surface area contributed by atoms with E-state index in [9.17, 15) is 5.26 Å². The number of nitriles is 1. The average Bonchev–Trinajstić information content (AvgIpc) is 2.91. The summed E-state index contributed by atoms with van der Waals surface area (Å²) < 4.78 is 12.6. The van der Waals surface area contributed by atoms with Crippen LogP contribution in [-0.4, -0.2) is 79.7 Å². The lowest BCUT2D eigenvalue weighted by molar-refractivity contribution is 0.0265. The van der Waals surface area contributed by atoms with Crippen molar-refractivity contribution >= 4 is 16.6 Å². The van der Waals surface area contributed by atoms with Gasteiger partial charge >= 0.3 is 6.01 Å². The van der Waals surface area contributed by atoms with Crippen LogP contribution in [0.1, 0.15) is 41.3 Å². The molecule has 2 aromatic carbocycles. The van der Waals surface area contributed by atoms with E-state index < -0.39 is 0 Å². The summed E-state index contributed by atoms with van der Waals surface area (Å²) in [4.78, 5) is 16.5. The lowest BCUT2D eigenvalue weighted by Crippen LogP contribution is -2.52. The second-order valence-corrected chi connectivity index (χ2v) is 10.7. The molecule has 0 amide bonds. The Bertz CT molecular complexity index is 1310. The number of aryl methyl sites for hydroxylation is 1. The first kappa shape index (κ1) is 26.4. The van der Waals surface area contributed by atoms with E-state index in [-0.39, 0.29) is 12.1 Å². The summed E-state index contributed by atoms with van der Waals surface area (Å²) in [5, 5.41) is 11.8. The molecule has 3 aromatic rings. The van der Waals surface area contributed by atoms with Crippen LogP contribution in [0.4, 0.5) is 5.82 Å². The third kappa shape index (κ3) is 5.60. The molecular formula is C30H38N6O2. The molecule has 0 aliphatic carbocycles. The number of hydrogen-bond acceptors (Lipinski definition) is 8. The van der Waals surface area contributed by atoms with Crippen LogP contribution in [0.15, 0.2) is 36.4 Å². The van der Waals surface area contributed by atoms with Gasteiger partial charge in [0.2, 0.25) is 0 Å². The number of nitrogens with zero attached hydrogens (tertiary/aromatic N) is 6. The summed E-state index contributed by atoms with van der Waals surface area (Å²) in [6, 6.07) is 15.8. The maximum absolute atomic E-state index is 9.36. The normalized spacial score (nSPS) is 19.9. The fraction of sp³-hybridized carbons (Fsp3) is 0.500. The van der Waals surface area contributed by atoms with Crippen LogP contribution in [0, 0.1) is 18.3 Å². The summed E-state index contributed by atoms with van der Waals surface area (Å²) in [5.41, 5.74) is 4.49. The molecule has 1 fully saturated rings. The number of ether oxygens (including phenoxy) is 2. The van der Waals surface area contributed by atoms with Crippen LogP contribution in [-0.2, 0) is 17.8 Å². The quantitative estimate of drug-likeness (QED) is 0.416. The zero-order chi connectivity index (χ0) is 26.6. The number of aromatic nitrogens is 2. The minimum atomic E-state index is -0.0875. The molecule has 1 unspecified atom stereocenters. The van der Waals surface area contributed by atoms with Crippen molar-refractivity contribution in [2.75, 3.05) is 58.8 Å². The Morgan fingerprint density at radius 1 is 1.16 bits per heavy atom. The van der Waals surface area contributed by atoms with Crippen LogP contribution in [0.3, 0.4) is 0 Å². The van der Waals surface area contributed by atoms with E-state index in [1.165, 1.54) is 21.9 Å². The van der Waals surface area contributed by atoms with E-state index in [1.807, 2.05) is 0 Å². The van der Waals surface area contributed by atoms with Gasteiger partial charge in [0, 0.05) is 44.2 Å². The Kier molecular flexibility index (Phi) is 8.08. The molecule has 0 radical (unpaired) electrons. The molecule has 0 saturated carbocycles. The predicted octanol–water partition coefficient (Wildman–Crippen LogP) is 4.12. The number of hydrogen-bond donors (Lipinski definition) is 0. The third-order valence-electron chi connectivity index (χ3n) is 7.73. The molecule has 2 aliphatic heterocycles. The summed E-state index contributed by atoms with van der Waals surface area (Å²) in [7, 11) is 6.22. The molecule has 38 heavy (non-hydrogen) atoms. The van der Waals surface area contributed by atoms with Gasteiger partial charge in [-0.05, 0) is 56.4 Å². The summed E-state index contributed by atoms with van der Waals surface area (Å²) in [6.07, 6.45) is 1.98. The van der Waals surface area contributed by atoms with Crippen molar-refractivity contribution in [3.8, 4) is 12.1 Å². The topological polar surface area (TPSA) is 77.8 Å². The molecule has 2 aliphatic rings. The molecule has 3 heterocycles. The van der Waals surface area contributed by atoms with Gasteiger partial charge in [0.1, 0.15) is 5.82 Å². The highest BCUT2D eigenvalue weighted by molar-refractivity contribution is 5.89. The Balaban J connectivity index is 1.47. The summed E-state index contributed by atoms with van der Waals surface area (Å²) in [6.45, 7) is 6.60. The zero-order valence-electron chi connectivity index (χ0n) is 23.0. The highest BCUT2D eigenvalue weighted by Gasteiger charge is 2.32. The SMILES string of the molecule is Cc1cccc2cccc(C3Cc4nc(OCCCN(C)C)nc(N5CCN(C)[C@@H](CC#N)C5)c4CO3)c12. The number of piperazine rings is 1. The highest BCUT2D eigenvalue weighted by atomic mass is 16.5. The summed E-state index contributed by atoms with van der Waals surface area (Å²) in [5.74, 6) is 0.890. The standard InChI is InChI=1S/C30H38N6O2/c1-21-8-5-9-22-10-6-11-24(28(21)22)27-18-26-25(20-38-27)29(33-30(32-26)37-17-7-14-34(2)3)36-16-15-35(4)23(19-36)12-13-31/h5-6,8-11,23,27H,7,12,14-20H2,1-4H3/t23-,27?/m0/s1. The van der Waals surface area contributed by atoms with Crippen molar-refractivity contribution in [3.63, 3.8) is 0 Å². The third-order valence-corrected chi connectivity index (χ3v) is 7.73. The van der Waals surface area contributed by atoms with Crippen molar-refractivity contribution in [1.82, 2.24) is 19.8 Å². The molecule has 0 bridgehead atoms. The van der Waals surface area contributed by atoms with Crippen LogP contribution in [0.25, 0.3) is 10.8 Å². The first-order chi connectivity index (χ1) is 18.4. The van der Waals surface area contributed by atoms with E-state index in [1.54, 1.807) is 0 Å². The molecule has 0 N–H and O–H groups in total. The number of benzene rings is 2. The van der Waals surface area contributed by atoms with Crippen molar-refractivity contribution in [2.24, 2.45) is 0 Å². The van der Waals surface area contributed by atoms with Crippen molar-refractivity contribution in [1.29, 1.82) is 5.26 Å². The minimum absolute atomic E-state index is 0.0875. The molecule has 2 atom stereocenters. The molecule has 1 aromatic heterocycles. The molecule has 8 heteroatoms. The number of rotatable bonds is 8. The van der Waals surface area contributed by atoms with Gasteiger partial charge in [-0.25, -0.2) is 0 Å². The van der Waals surface area contributed by atoms with Gasteiger partial charge in [-0.15, -0.1) is 0 Å². The number of fused-ring (bicyclic) bond motifs is 2. The molecule has 0 spiro atoms. The lowest BCUT2D eigenvalue weighted by Gasteiger charge is -2.40. The van der Waals surface area contributed by atoms with Gasteiger partial charge in [0.05, 0.1) is 37.5 Å². The van der Waals surface area contributed by atoms with Gasteiger partial charge in [-0.3, -0.25) is 4.90 Å². The smallest absolute Gasteiger partial charge is 0.318 e. The molecule has 200 valence electrons. The average molecular weight is 515 g/mol. The highest BCUT2D eigenvalue weighted by Crippen LogP contribution is 2.38. The second-order valence-electron chi connectivity index (χ2n) is 10.7. The first-order valence-corrected chi connectivity index (χ1v) is 13.5. The first-order valence-electron chi connectivity index (χ1n) is 13.5. The zero-order valence-corrected chi connectivity index (χ0v) is 23.0. The molecule has 5 rings (SSSR count). The molecule has 1 saturated heterocycles. The Labute approximate surface area is 225 Å². The summed E-state index contributed by atoms with van der Waals surface area (Å²) >= 11 is 0. The van der Waals surface area contributed by atoms with Gasteiger partial charge < -0.3 is 19.3 Å². The van der Waals surface area contributed by atoms with Gasteiger partial charge in [0.15, 0.2) is 0 Å².